The number of hydrogen-bond acceptors (Lipinski definition) is 3. The number of benzene rings is 2. The summed E-state index contributed by atoms with van der Waals surface area (Å²) in [6.07, 6.45) is -0.698. The molecule has 7 heteroatoms. The highest BCUT2D eigenvalue weighted by Crippen LogP contribution is 2.27. The molecule has 1 amide bonds. The number of nitrogen functional groups attached to an aromatic ring is 1. The molecule has 0 aliphatic heterocycles. The molecular formula is C13H9Cl3N2O2. The zero-order chi connectivity index (χ0) is 14.7. The number of halogens is 3. The normalized spacial score (nSPS) is 10.2. The maximum absolute atomic E-state index is 11.7. The highest BCUT2D eigenvalue weighted by molar-refractivity contribution is 6.36. The van der Waals surface area contributed by atoms with E-state index >= 15 is 0 Å². The van der Waals surface area contributed by atoms with E-state index in [4.69, 9.17) is 45.3 Å². The molecule has 0 aliphatic carbocycles. The van der Waals surface area contributed by atoms with Gasteiger partial charge in [-0.15, -0.1) is 0 Å². The summed E-state index contributed by atoms with van der Waals surface area (Å²) in [6, 6.07) is 9.20. The molecule has 0 unspecified atom stereocenters. The quantitative estimate of drug-likeness (QED) is 0.774. The van der Waals surface area contributed by atoms with E-state index in [1.165, 1.54) is 24.3 Å². The van der Waals surface area contributed by atoms with Crippen LogP contribution in [0, 0.1) is 0 Å². The Bertz CT molecular complexity index is 662. The Kier molecular flexibility index (Phi) is 4.60. The fourth-order valence-electron chi connectivity index (χ4n) is 1.42. The predicted octanol–water partition coefficient (Wildman–Crippen LogP) is 4.84. The minimum absolute atomic E-state index is 0.273. The second-order valence-electron chi connectivity index (χ2n) is 3.82. The number of rotatable bonds is 2. The van der Waals surface area contributed by atoms with E-state index in [-0.39, 0.29) is 5.75 Å². The van der Waals surface area contributed by atoms with Crippen LogP contribution in [-0.4, -0.2) is 6.09 Å². The molecule has 0 heterocycles. The van der Waals surface area contributed by atoms with Crippen LogP contribution in [0.15, 0.2) is 36.4 Å². The lowest BCUT2D eigenvalue weighted by molar-refractivity contribution is 0.215. The third-order valence-corrected chi connectivity index (χ3v) is 3.24. The van der Waals surface area contributed by atoms with Crippen LogP contribution in [-0.2, 0) is 0 Å². The number of ether oxygens (including phenoxy) is 1. The zero-order valence-corrected chi connectivity index (χ0v) is 12.3. The Hall–Kier alpha value is -1.62. The second-order valence-corrected chi connectivity index (χ2v) is 5.07. The molecule has 3 N–H and O–H groups in total. The van der Waals surface area contributed by atoms with E-state index in [0.29, 0.717) is 26.4 Å². The largest absolute Gasteiger partial charge is 0.417 e. The van der Waals surface area contributed by atoms with E-state index in [1.807, 2.05) is 0 Å². The monoisotopic (exact) mass is 330 g/mol. The first kappa shape index (κ1) is 14.8. The van der Waals surface area contributed by atoms with E-state index in [1.54, 1.807) is 12.1 Å². The van der Waals surface area contributed by atoms with Crippen LogP contribution >= 0.6 is 34.8 Å². The van der Waals surface area contributed by atoms with Crippen LogP contribution < -0.4 is 15.8 Å². The third kappa shape index (κ3) is 3.70. The van der Waals surface area contributed by atoms with Gasteiger partial charge in [0.25, 0.3) is 0 Å². The van der Waals surface area contributed by atoms with Crippen molar-refractivity contribution in [1.82, 2.24) is 0 Å². The van der Waals surface area contributed by atoms with Gasteiger partial charge in [0.1, 0.15) is 5.75 Å². The molecule has 0 radical (unpaired) electrons. The average molecular weight is 332 g/mol. The van der Waals surface area contributed by atoms with Crippen LogP contribution in [0.25, 0.3) is 0 Å². The molecule has 0 bridgehead atoms. The molecule has 2 aromatic rings. The predicted molar refractivity (Wildman–Crippen MR) is 82.0 cm³/mol. The van der Waals surface area contributed by atoms with Crippen molar-refractivity contribution in [3.63, 3.8) is 0 Å². The summed E-state index contributed by atoms with van der Waals surface area (Å²) in [6.45, 7) is 0. The van der Waals surface area contributed by atoms with Crippen molar-refractivity contribution in [2.75, 3.05) is 11.1 Å². The molecular weight excluding hydrogens is 323 g/mol. The number of carbonyl (C=O) groups excluding carboxylic acids is 1. The standard InChI is InChI=1S/C13H9Cl3N2O2/c14-7-1-4-12(10(16)5-7)18-13(19)20-8-2-3-9(15)11(17)6-8/h1-6H,17H2,(H,18,19). The van der Waals surface area contributed by atoms with E-state index in [9.17, 15) is 4.79 Å². The van der Waals surface area contributed by atoms with Crippen LogP contribution in [0.2, 0.25) is 15.1 Å². The fourth-order valence-corrected chi connectivity index (χ4v) is 1.99. The van der Waals surface area contributed by atoms with Gasteiger partial charge in [0.15, 0.2) is 0 Å². The van der Waals surface area contributed by atoms with Gasteiger partial charge in [0, 0.05) is 11.1 Å². The highest BCUT2D eigenvalue weighted by Gasteiger charge is 2.09. The number of anilines is 2. The van der Waals surface area contributed by atoms with Crippen LogP contribution in [0.4, 0.5) is 16.2 Å². The van der Waals surface area contributed by atoms with E-state index in [0.717, 1.165) is 0 Å². The van der Waals surface area contributed by atoms with Gasteiger partial charge >= 0.3 is 6.09 Å². The van der Waals surface area contributed by atoms with E-state index in [2.05, 4.69) is 5.32 Å². The summed E-state index contributed by atoms with van der Waals surface area (Å²) in [5, 5.41) is 3.66. The van der Waals surface area contributed by atoms with Gasteiger partial charge in [0.05, 0.1) is 21.4 Å². The highest BCUT2D eigenvalue weighted by atomic mass is 35.5. The maximum Gasteiger partial charge on any atom is 0.417 e. The Morgan fingerprint density at radius 2 is 1.80 bits per heavy atom. The first-order valence-corrected chi connectivity index (χ1v) is 6.58. The van der Waals surface area contributed by atoms with Gasteiger partial charge in [-0.1, -0.05) is 34.8 Å². The summed E-state index contributed by atoms with van der Waals surface area (Å²) >= 11 is 17.5. The fraction of sp³-hybridized carbons (Fsp3) is 0. The van der Waals surface area contributed by atoms with Crippen molar-refractivity contribution in [2.24, 2.45) is 0 Å². The van der Waals surface area contributed by atoms with Crippen LogP contribution in [0.3, 0.4) is 0 Å². The van der Waals surface area contributed by atoms with Crippen LogP contribution in [0.1, 0.15) is 0 Å². The molecule has 0 spiro atoms. The Morgan fingerprint density at radius 1 is 1.05 bits per heavy atom. The minimum Gasteiger partial charge on any atom is -0.410 e. The molecule has 104 valence electrons. The van der Waals surface area contributed by atoms with Crippen molar-refractivity contribution < 1.29 is 9.53 Å². The first-order chi connectivity index (χ1) is 9.45. The summed E-state index contributed by atoms with van der Waals surface area (Å²) in [5.41, 5.74) is 6.32. The second kappa shape index (κ2) is 6.22. The SMILES string of the molecule is Nc1cc(OC(=O)Nc2ccc(Cl)cc2Cl)ccc1Cl. The first-order valence-electron chi connectivity index (χ1n) is 5.44. The Balaban J connectivity index is 2.07. The molecule has 20 heavy (non-hydrogen) atoms. The van der Waals surface area contributed by atoms with Crippen molar-refractivity contribution in [2.45, 2.75) is 0 Å². The van der Waals surface area contributed by atoms with Gasteiger partial charge in [0.2, 0.25) is 0 Å². The number of nitrogens with one attached hydrogen (secondary N) is 1. The Morgan fingerprint density at radius 3 is 2.45 bits per heavy atom. The minimum atomic E-state index is -0.698. The number of nitrogens with two attached hydrogens (primary N) is 1. The van der Waals surface area contributed by atoms with Gasteiger partial charge < -0.3 is 10.5 Å². The van der Waals surface area contributed by atoms with Crippen molar-refractivity contribution in [3.8, 4) is 5.75 Å². The lowest BCUT2D eigenvalue weighted by atomic mass is 10.3. The number of amides is 1. The lowest BCUT2D eigenvalue weighted by Crippen LogP contribution is -2.17. The zero-order valence-electron chi connectivity index (χ0n) is 9.99. The van der Waals surface area contributed by atoms with Gasteiger partial charge in [-0.25, -0.2) is 4.79 Å². The molecule has 2 rings (SSSR count). The van der Waals surface area contributed by atoms with Crippen molar-refractivity contribution >= 4 is 52.3 Å². The number of carbonyl (C=O) groups is 1. The summed E-state index contributed by atoms with van der Waals surface area (Å²) in [4.78, 5) is 11.7. The van der Waals surface area contributed by atoms with Gasteiger partial charge in [-0.05, 0) is 30.3 Å². The van der Waals surface area contributed by atoms with E-state index < -0.39 is 6.09 Å². The summed E-state index contributed by atoms with van der Waals surface area (Å²) < 4.78 is 5.06. The topological polar surface area (TPSA) is 64.3 Å². The lowest BCUT2D eigenvalue weighted by Gasteiger charge is -2.09. The smallest absolute Gasteiger partial charge is 0.410 e. The molecule has 0 atom stereocenters. The van der Waals surface area contributed by atoms with Crippen LogP contribution in [0.5, 0.6) is 5.75 Å². The molecule has 0 saturated carbocycles. The number of hydrogen-bond donors (Lipinski definition) is 2. The molecule has 2 aromatic carbocycles. The molecule has 0 aromatic heterocycles. The summed E-state index contributed by atoms with van der Waals surface area (Å²) in [7, 11) is 0. The van der Waals surface area contributed by atoms with Gasteiger partial charge in [-0.2, -0.15) is 0 Å². The molecule has 0 fully saturated rings. The average Bonchev–Trinajstić information content (AvgIpc) is 2.37. The third-order valence-electron chi connectivity index (χ3n) is 2.35. The summed E-state index contributed by atoms with van der Waals surface area (Å²) in [5.74, 6) is 0.273. The van der Waals surface area contributed by atoms with Crippen molar-refractivity contribution in [1.29, 1.82) is 0 Å². The van der Waals surface area contributed by atoms with Crippen molar-refractivity contribution in [3.05, 3.63) is 51.5 Å². The molecule has 0 saturated heterocycles. The van der Waals surface area contributed by atoms with Gasteiger partial charge in [-0.3, -0.25) is 5.32 Å². The molecule has 0 aliphatic rings. The molecule has 4 nitrogen and oxygen atoms in total. The maximum atomic E-state index is 11.7. The Labute approximate surface area is 130 Å².